The van der Waals surface area contributed by atoms with Crippen LogP contribution in [0.25, 0.3) is 0 Å². The minimum Gasteiger partial charge on any atom is -0.380 e. The molecule has 0 aliphatic rings. The Morgan fingerprint density at radius 3 is 2.43 bits per heavy atom. The maximum Gasteiger partial charge on any atom is 0.0667 e. The first-order chi connectivity index (χ1) is 6.66. The lowest BCUT2D eigenvalue weighted by Gasteiger charge is -2.11. The van der Waals surface area contributed by atoms with Gasteiger partial charge in [-0.05, 0) is 19.3 Å². The summed E-state index contributed by atoms with van der Waals surface area (Å²) in [5.41, 5.74) is 0. The van der Waals surface area contributed by atoms with Crippen molar-refractivity contribution in [1.29, 1.82) is 0 Å². The summed E-state index contributed by atoms with van der Waals surface area (Å²) in [5.74, 6) is 0.733. The third kappa shape index (κ3) is 9.96. The molecule has 3 nitrogen and oxygen atoms in total. The first kappa shape index (κ1) is 13.9. The Bertz CT molecular complexity index is 118. The molecule has 3 heteroatoms. The molecule has 0 fully saturated rings. The average Bonchev–Trinajstić information content (AvgIpc) is 2.15. The van der Waals surface area contributed by atoms with E-state index in [1.807, 2.05) is 6.92 Å². The van der Waals surface area contributed by atoms with E-state index in [-0.39, 0.29) is 6.10 Å². The third-order valence-corrected chi connectivity index (χ3v) is 2.10. The van der Waals surface area contributed by atoms with Gasteiger partial charge >= 0.3 is 0 Å². The number of hydrogen-bond acceptors (Lipinski definition) is 3. The summed E-state index contributed by atoms with van der Waals surface area (Å²) in [7, 11) is 1.73. The van der Waals surface area contributed by atoms with E-state index in [1.54, 1.807) is 7.11 Å². The molecule has 0 aliphatic carbocycles. The van der Waals surface area contributed by atoms with Gasteiger partial charge in [0.1, 0.15) is 0 Å². The molecule has 0 aromatic heterocycles. The molecule has 0 rings (SSSR count). The van der Waals surface area contributed by atoms with Gasteiger partial charge in [-0.2, -0.15) is 0 Å². The van der Waals surface area contributed by atoms with Crippen LogP contribution in [0.15, 0.2) is 0 Å². The van der Waals surface area contributed by atoms with Crippen LogP contribution in [0.5, 0.6) is 0 Å². The zero-order valence-electron chi connectivity index (χ0n) is 10.0. The second-order valence-corrected chi connectivity index (χ2v) is 4.05. The van der Waals surface area contributed by atoms with Gasteiger partial charge in [0.2, 0.25) is 0 Å². The van der Waals surface area contributed by atoms with E-state index in [0.717, 1.165) is 38.6 Å². The molecular formula is C11H25NO2. The second kappa shape index (κ2) is 9.44. The van der Waals surface area contributed by atoms with Gasteiger partial charge in [-0.25, -0.2) is 0 Å². The molecule has 14 heavy (non-hydrogen) atoms. The SMILES string of the molecule is COC(C)CNCCOCCC(C)C. The highest BCUT2D eigenvalue weighted by molar-refractivity contribution is 4.53. The first-order valence-electron chi connectivity index (χ1n) is 5.48. The summed E-state index contributed by atoms with van der Waals surface area (Å²) < 4.78 is 10.6. The highest BCUT2D eigenvalue weighted by Gasteiger charge is 1.97. The molecule has 0 aromatic carbocycles. The van der Waals surface area contributed by atoms with Crippen LogP contribution in [-0.4, -0.2) is 39.5 Å². The van der Waals surface area contributed by atoms with Crippen molar-refractivity contribution < 1.29 is 9.47 Å². The molecular weight excluding hydrogens is 178 g/mol. The molecule has 1 atom stereocenters. The molecule has 1 unspecified atom stereocenters. The Balaban J connectivity index is 2.99. The van der Waals surface area contributed by atoms with Crippen molar-refractivity contribution in [2.24, 2.45) is 5.92 Å². The van der Waals surface area contributed by atoms with Crippen LogP contribution < -0.4 is 5.32 Å². The van der Waals surface area contributed by atoms with Crippen LogP contribution in [0.2, 0.25) is 0 Å². The topological polar surface area (TPSA) is 30.5 Å². The molecule has 0 saturated carbocycles. The summed E-state index contributed by atoms with van der Waals surface area (Å²) in [6.45, 7) is 9.94. The van der Waals surface area contributed by atoms with Gasteiger partial charge in [0.25, 0.3) is 0 Å². The van der Waals surface area contributed by atoms with Gasteiger partial charge in [-0.15, -0.1) is 0 Å². The smallest absolute Gasteiger partial charge is 0.0667 e. The number of ether oxygens (including phenoxy) is 2. The monoisotopic (exact) mass is 203 g/mol. The van der Waals surface area contributed by atoms with Crippen molar-refractivity contribution in [2.75, 3.05) is 33.4 Å². The van der Waals surface area contributed by atoms with Crippen molar-refractivity contribution >= 4 is 0 Å². The van der Waals surface area contributed by atoms with Gasteiger partial charge < -0.3 is 14.8 Å². The largest absolute Gasteiger partial charge is 0.380 e. The predicted octanol–water partition coefficient (Wildman–Crippen LogP) is 1.67. The fourth-order valence-corrected chi connectivity index (χ4v) is 0.954. The van der Waals surface area contributed by atoms with Crippen LogP contribution in [0.4, 0.5) is 0 Å². The van der Waals surface area contributed by atoms with E-state index < -0.39 is 0 Å². The predicted molar refractivity (Wildman–Crippen MR) is 59.6 cm³/mol. The highest BCUT2D eigenvalue weighted by Crippen LogP contribution is 1.98. The standard InChI is InChI=1S/C11H25NO2/c1-10(2)5-7-14-8-6-12-9-11(3)13-4/h10-12H,5-9H2,1-4H3. The lowest BCUT2D eigenvalue weighted by Crippen LogP contribution is -2.29. The summed E-state index contributed by atoms with van der Waals surface area (Å²) in [6, 6.07) is 0. The Morgan fingerprint density at radius 1 is 1.14 bits per heavy atom. The van der Waals surface area contributed by atoms with Crippen molar-refractivity contribution in [3.05, 3.63) is 0 Å². The number of rotatable bonds is 9. The number of hydrogen-bond donors (Lipinski definition) is 1. The van der Waals surface area contributed by atoms with E-state index in [0.29, 0.717) is 0 Å². The van der Waals surface area contributed by atoms with Gasteiger partial charge in [-0.3, -0.25) is 0 Å². The lowest BCUT2D eigenvalue weighted by molar-refractivity contribution is 0.104. The summed E-state index contributed by atoms with van der Waals surface area (Å²) in [6.07, 6.45) is 1.43. The molecule has 0 radical (unpaired) electrons. The molecule has 0 bridgehead atoms. The van der Waals surface area contributed by atoms with Gasteiger partial charge in [0, 0.05) is 26.8 Å². The summed E-state index contributed by atoms with van der Waals surface area (Å²) in [4.78, 5) is 0. The van der Waals surface area contributed by atoms with Crippen molar-refractivity contribution in [3.63, 3.8) is 0 Å². The van der Waals surface area contributed by atoms with E-state index in [9.17, 15) is 0 Å². The van der Waals surface area contributed by atoms with Crippen LogP contribution in [0, 0.1) is 5.92 Å². The third-order valence-electron chi connectivity index (χ3n) is 2.10. The number of methoxy groups -OCH3 is 1. The minimum absolute atomic E-state index is 0.283. The fourth-order valence-electron chi connectivity index (χ4n) is 0.954. The molecule has 86 valence electrons. The van der Waals surface area contributed by atoms with E-state index in [1.165, 1.54) is 0 Å². The van der Waals surface area contributed by atoms with Crippen molar-refractivity contribution in [1.82, 2.24) is 5.32 Å². The van der Waals surface area contributed by atoms with Crippen LogP contribution in [-0.2, 0) is 9.47 Å². The van der Waals surface area contributed by atoms with Gasteiger partial charge in [0.05, 0.1) is 12.7 Å². The Kier molecular flexibility index (Phi) is 9.35. The van der Waals surface area contributed by atoms with Crippen LogP contribution in [0.3, 0.4) is 0 Å². The molecule has 0 aliphatic heterocycles. The minimum atomic E-state index is 0.283. The maximum atomic E-state index is 5.46. The molecule has 0 amide bonds. The van der Waals surface area contributed by atoms with Crippen LogP contribution in [0.1, 0.15) is 27.2 Å². The highest BCUT2D eigenvalue weighted by atomic mass is 16.5. The van der Waals surface area contributed by atoms with Crippen molar-refractivity contribution in [2.45, 2.75) is 33.3 Å². The van der Waals surface area contributed by atoms with Gasteiger partial charge in [-0.1, -0.05) is 13.8 Å². The molecule has 0 heterocycles. The Morgan fingerprint density at radius 2 is 1.86 bits per heavy atom. The summed E-state index contributed by atoms with van der Waals surface area (Å²) >= 11 is 0. The Labute approximate surface area is 88.2 Å². The van der Waals surface area contributed by atoms with Crippen LogP contribution >= 0.6 is 0 Å². The van der Waals surface area contributed by atoms with Gasteiger partial charge in [0.15, 0.2) is 0 Å². The van der Waals surface area contributed by atoms with Crippen molar-refractivity contribution in [3.8, 4) is 0 Å². The Hall–Kier alpha value is -0.120. The zero-order chi connectivity index (χ0) is 10.8. The molecule has 0 spiro atoms. The number of nitrogens with one attached hydrogen (secondary N) is 1. The van der Waals surface area contributed by atoms with E-state index in [4.69, 9.17) is 9.47 Å². The maximum absolute atomic E-state index is 5.46. The van der Waals surface area contributed by atoms with E-state index >= 15 is 0 Å². The average molecular weight is 203 g/mol. The normalized spacial score (nSPS) is 13.5. The quantitative estimate of drug-likeness (QED) is 0.578. The zero-order valence-corrected chi connectivity index (χ0v) is 10.0. The molecule has 1 N–H and O–H groups in total. The summed E-state index contributed by atoms with van der Waals surface area (Å²) in [5, 5.41) is 3.27. The molecule has 0 saturated heterocycles. The molecule has 0 aromatic rings. The lowest BCUT2D eigenvalue weighted by atomic mass is 10.1. The van der Waals surface area contributed by atoms with E-state index in [2.05, 4.69) is 19.2 Å². The fraction of sp³-hybridized carbons (Fsp3) is 1.00. The second-order valence-electron chi connectivity index (χ2n) is 4.05. The first-order valence-corrected chi connectivity index (χ1v) is 5.48.